The molecule has 144 valence electrons. The Morgan fingerprint density at radius 3 is 2.48 bits per heavy atom. The van der Waals surface area contributed by atoms with Crippen LogP contribution in [0.5, 0.6) is 11.8 Å². The third-order valence-electron chi connectivity index (χ3n) is 4.84. The fourth-order valence-corrected chi connectivity index (χ4v) is 4.17. The van der Waals surface area contributed by atoms with E-state index in [9.17, 15) is 0 Å². The average Bonchev–Trinajstić information content (AvgIpc) is 2.69. The van der Waals surface area contributed by atoms with Gasteiger partial charge in [-0.25, -0.2) is 3.11 Å². The quantitative estimate of drug-likeness (QED) is 0.455. The first-order valence-corrected chi connectivity index (χ1v) is 9.97. The predicted octanol–water partition coefficient (Wildman–Crippen LogP) is 4.34. The Morgan fingerprint density at radius 1 is 1.19 bits per heavy atom. The van der Waals surface area contributed by atoms with Crippen molar-refractivity contribution >= 4 is 28.4 Å². The maximum atomic E-state index is 5.31. The van der Waals surface area contributed by atoms with Gasteiger partial charge in [0.1, 0.15) is 0 Å². The largest absolute Gasteiger partial charge is 0.481 e. The number of hydrogen-bond donors (Lipinski definition) is 0. The molecule has 0 amide bonds. The summed E-state index contributed by atoms with van der Waals surface area (Å²) in [6.45, 7) is 10.1. The maximum Gasteiger partial charge on any atom is 0.216 e. The second kappa shape index (κ2) is 9.03. The predicted molar refractivity (Wildman–Crippen MR) is 117 cm³/mol. The van der Waals surface area contributed by atoms with Crippen molar-refractivity contribution in [2.45, 2.75) is 19.5 Å². The van der Waals surface area contributed by atoms with E-state index in [0.717, 1.165) is 37.3 Å². The molecule has 1 fully saturated rings. The van der Waals surface area contributed by atoms with Crippen molar-refractivity contribution in [1.82, 2.24) is 13.0 Å². The van der Waals surface area contributed by atoms with Gasteiger partial charge in [-0.05, 0) is 23.6 Å². The summed E-state index contributed by atoms with van der Waals surface area (Å²) in [5, 5.41) is 0. The third-order valence-corrected chi connectivity index (χ3v) is 6.00. The van der Waals surface area contributed by atoms with Crippen LogP contribution in [0.4, 0.5) is 0 Å². The molecule has 1 aliphatic rings. The molecule has 2 heterocycles. The fourth-order valence-electron chi connectivity index (χ4n) is 3.48. The van der Waals surface area contributed by atoms with Crippen LogP contribution in [0, 0.1) is 0 Å². The molecule has 0 radical (unpaired) electrons. The number of hydrogen-bond acceptors (Lipinski definition) is 5. The molecule has 1 atom stereocenters. The van der Waals surface area contributed by atoms with E-state index in [1.54, 1.807) is 14.2 Å². The highest BCUT2D eigenvalue weighted by atomic mass is 127. The Kier molecular flexibility index (Phi) is 6.73. The minimum Gasteiger partial charge on any atom is -0.481 e. The highest BCUT2D eigenvalue weighted by molar-refractivity contribution is 14.1. The van der Waals surface area contributed by atoms with Crippen molar-refractivity contribution < 1.29 is 9.47 Å². The second-order valence-electron chi connectivity index (χ2n) is 6.80. The van der Waals surface area contributed by atoms with E-state index in [1.807, 2.05) is 12.1 Å². The van der Waals surface area contributed by atoms with Crippen molar-refractivity contribution in [3.63, 3.8) is 0 Å². The summed E-state index contributed by atoms with van der Waals surface area (Å²) in [5.74, 6) is 1.17. The normalized spacial score (nSPS) is 18.3. The zero-order chi connectivity index (χ0) is 19.4. The molecular formula is C21H26IN3O2. The summed E-state index contributed by atoms with van der Waals surface area (Å²) in [6.07, 6.45) is 0. The number of methoxy groups -OCH3 is 2. The Bertz CT molecular complexity index is 790. The minimum atomic E-state index is 0.331. The lowest BCUT2D eigenvalue weighted by Crippen LogP contribution is -2.44. The molecule has 2 aromatic rings. The molecular weight excluding hydrogens is 453 g/mol. The number of ether oxygens (including phenoxy) is 2. The van der Waals surface area contributed by atoms with Crippen LogP contribution in [0.2, 0.25) is 0 Å². The van der Waals surface area contributed by atoms with Crippen LogP contribution in [-0.4, -0.2) is 46.9 Å². The monoisotopic (exact) mass is 479 g/mol. The number of benzene rings is 1. The van der Waals surface area contributed by atoms with E-state index in [1.165, 1.54) is 11.1 Å². The summed E-state index contributed by atoms with van der Waals surface area (Å²) < 4.78 is 13.0. The molecule has 0 bridgehead atoms. The van der Waals surface area contributed by atoms with Gasteiger partial charge < -0.3 is 9.47 Å². The number of aromatic nitrogens is 1. The summed E-state index contributed by atoms with van der Waals surface area (Å²) in [5.41, 5.74) is 4.84. The lowest BCUT2D eigenvalue weighted by atomic mass is 9.95. The average molecular weight is 479 g/mol. The number of allylic oxidation sites excluding steroid dienone is 1. The molecule has 6 heteroatoms. The van der Waals surface area contributed by atoms with Crippen molar-refractivity contribution in [2.24, 2.45) is 0 Å². The zero-order valence-corrected chi connectivity index (χ0v) is 18.3. The van der Waals surface area contributed by atoms with E-state index >= 15 is 0 Å². The zero-order valence-electron chi connectivity index (χ0n) is 16.1. The van der Waals surface area contributed by atoms with Crippen LogP contribution in [0.3, 0.4) is 0 Å². The molecule has 1 unspecified atom stereocenters. The molecule has 1 aliphatic heterocycles. The molecule has 1 aromatic heterocycles. The van der Waals surface area contributed by atoms with Gasteiger partial charge >= 0.3 is 0 Å². The second-order valence-corrected chi connectivity index (χ2v) is 8.04. The molecule has 0 N–H and O–H groups in total. The van der Waals surface area contributed by atoms with Crippen LogP contribution in [0.1, 0.15) is 29.7 Å². The SMILES string of the molecule is C=C(C)c1ccccc1C1CN(Cc2cc(OC)nc(OC)c2)CCN1I. The number of rotatable bonds is 6. The molecule has 1 saturated heterocycles. The van der Waals surface area contributed by atoms with Crippen LogP contribution in [-0.2, 0) is 6.54 Å². The van der Waals surface area contributed by atoms with E-state index in [-0.39, 0.29) is 0 Å². The van der Waals surface area contributed by atoms with E-state index in [2.05, 4.69) is 73.6 Å². The molecule has 0 aliphatic carbocycles. The fraction of sp³-hybridized carbons (Fsp3) is 0.381. The Morgan fingerprint density at radius 2 is 1.85 bits per heavy atom. The topological polar surface area (TPSA) is 37.8 Å². The number of piperazine rings is 1. The first kappa shape index (κ1) is 20.1. The van der Waals surface area contributed by atoms with Crippen LogP contribution < -0.4 is 9.47 Å². The van der Waals surface area contributed by atoms with Gasteiger partial charge in [-0.1, -0.05) is 36.4 Å². The number of halogens is 1. The van der Waals surface area contributed by atoms with Gasteiger partial charge in [0, 0.05) is 61.2 Å². The smallest absolute Gasteiger partial charge is 0.216 e. The molecule has 1 aromatic carbocycles. The standard InChI is InChI=1S/C21H26IN3O2/c1-15(2)17-7-5-6-8-18(17)19-14-24(9-10-25(19)22)13-16-11-20(26-3)23-21(12-16)27-4/h5-8,11-12,19H,1,9-10,13-14H2,2-4H3. The molecule has 0 saturated carbocycles. The van der Waals surface area contributed by atoms with Gasteiger partial charge in [-0.15, -0.1) is 0 Å². The Hall–Kier alpha value is -1.64. The minimum absolute atomic E-state index is 0.331. The number of pyridine rings is 1. The van der Waals surface area contributed by atoms with E-state index < -0.39 is 0 Å². The lowest BCUT2D eigenvalue weighted by Gasteiger charge is -2.39. The molecule has 0 spiro atoms. The van der Waals surface area contributed by atoms with Gasteiger partial charge in [0.05, 0.1) is 20.3 Å². The highest BCUT2D eigenvalue weighted by Crippen LogP contribution is 2.33. The van der Waals surface area contributed by atoms with E-state index in [0.29, 0.717) is 17.8 Å². The van der Waals surface area contributed by atoms with Gasteiger partial charge in [0.2, 0.25) is 11.8 Å². The van der Waals surface area contributed by atoms with Crippen molar-refractivity contribution in [2.75, 3.05) is 33.9 Å². The van der Waals surface area contributed by atoms with Gasteiger partial charge in [0.15, 0.2) is 0 Å². The molecule has 5 nitrogen and oxygen atoms in total. The van der Waals surface area contributed by atoms with Crippen LogP contribution >= 0.6 is 22.9 Å². The van der Waals surface area contributed by atoms with E-state index in [4.69, 9.17) is 9.47 Å². The van der Waals surface area contributed by atoms with Crippen LogP contribution in [0.15, 0.2) is 43.0 Å². The summed E-state index contributed by atoms with van der Waals surface area (Å²) >= 11 is 2.45. The Balaban J connectivity index is 1.81. The summed E-state index contributed by atoms with van der Waals surface area (Å²) in [7, 11) is 3.26. The van der Waals surface area contributed by atoms with Gasteiger partial charge in [-0.3, -0.25) is 4.90 Å². The maximum absolute atomic E-state index is 5.31. The van der Waals surface area contributed by atoms with Gasteiger partial charge in [0.25, 0.3) is 0 Å². The Labute approximate surface area is 175 Å². The summed E-state index contributed by atoms with van der Waals surface area (Å²) in [6, 6.07) is 12.9. The van der Waals surface area contributed by atoms with Crippen molar-refractivity contribution in [1.29, 1.82) is 0 Å². The van der Waals surface area contributed by atoms with Crippen LogP contribution in [0.25, 0.3) is 5.57 Å². The first-order chi connectivity index (χ1) is 13.0. The summed E-state index contributed by atoms with van der Waals surface area (Å²) in [4.78, 5) is 6.76. The molecule has 3 rings (SSSR count). The van der Waals surface area contributed by atoms with Crippen molar-refractivity contribution in [3.05, 3.63) is 59.7 Å². The van der Waals surface area contributed by atoms with Gasteiger partial charge in [-0.2, -0.15) is 4.98 Å². The lowest BCUT2D eigenvalue weighted by molar-refractivity contribution is 0.148. The highest BCUT2D eigenvalue weighted by Gasteiger charge is 2.28. The first-order valence-electron chi connectivity index (χ1n) is 9.00. The van der Waals surface area contributed by atoms with Crippen molar-refractivity contribution in [3.8, 4) is 11.8 Å². The third kappa shape index (κ3) is 4.80. The number of nitrogens with zero attached hydrogens (tertiary/aromatic N) is 3. The molecule has 27 heavy (non-hydrogen) atoms.